The van der Waals surface area contributed by atoms with Crippen molar-refractivity contribution < 1.29 is 9.18 Å². The molecule has 1 heterocycles. The van der Waals surface area contributed by atoms with Crippen molar-refractivity contribution in [2.75, 3.05) is 11.9 Å². The lowest BCUT2D eigenvalue weighted by atomic mass is 10.2. The zero-order valence-corrected chi connectivity index (χ0v) is 10.9. The topological polar surface area (TPSA) is 80.9 Å². The van der Waals surface area contributed by atoms with Crippen LogP contribution in [0.4, 0.5) is 9.52 Å². The Bertz CT molecular complexity index is 572. The van der Waals surface area contributed by atoms with Gasteiger partial charge in [-0.15, -0.1) is 10.2 Å². The first-order valence-electron chi connectivity index (χ1n) is 5.78. The molecule has 0 saturated carbocycles. The Balaban J connectivity index is 2.00. The molecule has 1 aromatic heterocycles. The highest BCUT2D eigenvalue weighted by atomic mass is 32.1. The minimum absolute atomic E-state index is 0.249. The van der Waals surface area contributed by atoms with Gasteiger partial charge in [-0.25, -0.2) is 4.39 Å². The Morgan fingerprint density at radius 2 is 2.26 bits per heavy atom. The van der Waals surface area contributed by atoms with Crippen molar-refractivity contribution >= 4 is 22.4 Å². The zero-order valence-electron chi connectivity index (χ0n) is 10.1. The van der Waals surface area contributed by atoms with Gasteiger partial charge in [-0.1, -0.05) is 17.4 Å². The molecule has 0 atom stereocenters. The Labute approximate surface area is 113 Å². The van der Waals surface area contributed by atoms with E-state index < -0.39 is 11.7 Å². The van der Waals surface area contributed by atoms with E-state index in [2.05, 4.69) is 15.5 Å². The molecule has 100 valence electrons. The Morgan fingerprint density at radius 3 is 3.00 bits per heavy atom. The summed E-state index contributed by atoms with van der Waals surface area (Å²) in [4.78, 5) is 11.8. The second-order valence-corrected chi connectivity index (χ2v) is 4.92. The Morgan fingerprint density at radius 1 is 1.42 bits per heavy atom. The van der Waals surface area contributed by atoms with Crippen LogP contribution in [0.2, 0.25) is 0 Å². The number of anilines is 1. The molecule has 0 aliphatic rings. The molecule has 0 saturated heterocycles. The Kier molecular flexibility index (Phi) is 4.53. The van der Waals surface area contributed by atoms with E-state index in [4.69, 9.17) is 5.73 Å². The molecule has 0 fully saturated rings. The molecule has 0 bridgehead atoms. The lowest BCUT2D eigenvalue weighted by molar-refractivity contribution is 0.102. The number of nitrogens with two attached hydrogens (primary N) is 1. The number of carbonyl (C=O) groups excluding carboxylic acids is 1. The van der Waals surface area contributed by atoms with Gasteiger partial charge in [0.05, 0.1) is 0 Å². The highest BCUT2D eigenvalue weighted by molar-refractivity contribution is 7.15. The summed E-state index contributed by atoms with van der Waals surface area (Å²) in [5.74, 6) is -0.852. The quantitative estimate of drug-likeness (QED) is 0.875. The van der Waals surface area contributed by atoms with Crippen LogP contribution in [-0.4, -0.2) is 22.6 Å². The van der Waals surface area contributed by atoms with E-state index >= 15 is 0 Å². The maximum absolute atomic E-state index is 13.0. The SMILES string of the molecule is NCCCc1nnc(NC(=O)c2cccc(F)c2)s1. The van der Waals surface area contributed by atoms with Crippen LogP contribution in [0, 0.1) is 5.82 Å². The number of hydrogen-bond donors (Lipinski definition) is 2. The van der Waals surface area contributed by atoms with E-state index in [0.29, 0.717) is 11.7 Å². The highest BCUT2D eigenvalue weighted by Gasteiger charge is 2.10. The largest absolute Gasteiger partial charge is 0.330 e. The minimum Gasteiger partial charge on any atom is -0.330 e. The number of hydrogen-bond acceptors (Lipinski definition) is 5. The van der Waals surface area contributed by atoms with Gasteiger partial charge >= 0.3 is 0 Å². The van der Waals surface area contributed by atoms with Crippen molar-refractivity contribution in [2.45, 2.75) is 12.8 Å². The average molecular weight is 280 g/mol. The summed E-state index contributed by atoms with van der Waals surface area (Å²) in [6.07, 6.45) is 1.57. The molecule has 1 aromatic carbocycles. The average Bonchev–Trinajstić information content (AvgIpc) is 2.84. The van der Waals surface area contributed by atoms with Crippen LogP contribution in [0.25, 0.3) is 0 Å². The standard InChI is InChI=1S/C12H13FN4OS/c13-9-4-1-3-8(7-9)11(18)15-12-17-16-10(19-12)5-2-6-14/h1,3-4,7H,2,5-6,14H2,(H,15,17,18). The zero-order chi connectivity index (χ0) is 13.7. The molecule has 0 aliphatic heterocycles. The molecule has 0 spiro atoms. The molecule has 5 nitrogen and oxygen atoms in total. The number of nitrogens with one attached hydrogen (secondary N) is 1. The van der Waals surface area contributed by atoms with Crippen LogP contribution in [0.3, 0.4) is 0 Å². The predicted octanol–water partition coefficient (Wildman–Crippen LogP) is 1.82. The fourth-order valence-electron chi connectivity index (χ4n) is 1.46. The molecule has 0 unspecified atom stereocenters. The van der Waals surface area contributed by atoms with Crippen molar-refractivity contribution in [1.29, 1.82) is 0 Å². The third-order valence-corrected chi connectivity index (χ3v) is 3.27. The van der Waals surface area contributed by atoms with Gasteiger partial charge in [-0.2, -0.15) is 0 Å². The summed E-state index contributed by atoms with van der Waals surface area (Å²) in [5.41, 5.74) is 5.65. The van der Waals surface area contributed by atoms with E-state index in [0.717, 1.165) is 17.8 Å². The maximum Gasteiger partial charge on any atom is 0.257 e. The molecular weight excluding hydrogens is 267 g/mol. The summed E-state index contributed by atoms with van der Waals surface area (Å²) in [6.45, 7) is 0.588. The van der Waals surface area contributed by atoms with Crippen LogP contribution < -0.4 is 11.1 Å². The molecular formula is C12H13FN4OS. The number of halogens is 1. The van der Waals surface area contributed by atoms with Gasteiger partial charge in [0.1, 0.15) is 10.8 Å². The lowest BCUT2D eigenvalue weighted by Gasteiger charge is -2.00. The summed E-state index contributed by atoms with van der Waals surface area (Å²) in [5, 5.41) is 11.6. The molecule has 2 rings (SSSR count). The van der Waals surface area contributed by atoms with Gasteiger partial charge in [-0.05, 0) is 31.2 Å². The van der Waals surface area contributed by atoms with Crippen LogP contribution in [-0.2, 0) is 6.42 Å². The summed E-state index contributed by atoms with van der Waals surface area (Å²) in [6, 6.07) is 5.48. The summed E-state index contributed by atoms with van der Waals surface area (Å²) in [7, 11) is 0. The van der Waals surface area contributed by atoms with Gasteiger partial charge in [0.15, 0.2) is 0 Å². The fourth-order valence-corrected chi connectivity index (χ4v) is 2.23. The number of amides is 1. The number of aromatic nitrogens is 2. The van der Waals surface area contributed by atoms with E-state index in [1.165, 1.54) is 35.6 Å². The van der Waals surface area contributed by atoms with Crippen molar-refractivity contribution in [2.24, 2.45) is 5.73 Å². The van der Waals surface area contributed by atoms with Crippen molar-refractivity contribution in [3.05, 3.63) is 40.7 Å². The van der Waals surface area contributed by atoms with Crippen LogP contribution in [0.15, 0.2) is 24.3 Å². The first-order chi connectivity index (χ1) is 9.19. The second-order valence-electron chi connectivity index (χ2n) is 3.86. The van der Waals surface area contributed by atoms with E-state index in [1.54, 1.807) is 0 Å². The molecule has 19 heavy (non-hydrogen) atoms. The maximum atomic E-state index is 13.0. The third-order valence-electron chi connectivity index (χ3n) is 2.37. The first kappa shape index (κ1) is 13.6. The number of rotatable bonds is 5. The summed E-state index contributed by atoms with van der Waals surface area (Å²) >= 11 is 1.30. The van der Waals surface area contributed by atoms with Crippen molar-refractivity contribution in [3.63, 3.8) is 0 Å². The molecule has 1 amide bonds. The van der Waals surface area contributed by atoms with E-state index in [9.17, 15) is 9.18 Å². The summed E-state index contributed by atoms with van der Waals surface area (Å²) < 4.78 is 13.0. The number of nitrogens with zero attached hydrogens (tertiary/aromatic N) is 2. The van der Waals surface area contributed by atoms with Gasteiger partial charge in [0.25, 0.3) is 5.91 Å². The third kappa shape index (κ3) is 3.80. The van der Waals surface area contributed by atoms with Gasteiger partial charge in [0.2, 0.25) is 5.13 Å². The van der Waals surface area contributed by atoms with Crippen LogP contribution in [0.1, 0.15) is 21.8 Å². The molecule has 0 aliphatic carbocycles. The van der Waals surface area contributed by atoms with Gasteiger partial charge in [-0.3, -0.25) is 10.1 Å². The van der Waals surface area contributed by atoms with Gasteiger partial charge in [0, 0.05) is 12.0 Å². The van der Waals surface area contributed by atoms with Gasteiger partial charge < -0.3 is 5.73 Å². The van der Waals surface area contributed by atoms with Crippen LogP contribution >= 0.6 is 11.3 Å². The number of benzene rings is 1. The second kappa shape index (κ2) is 6.35. The van der Waals surface area contributed by atoms with E-state index in [-0.39, 0.29) is 5.56 Å². The van der Waals surface area contributed by atoms with Crippen molar-refractivity contribution in [1.82, 2.24) is 10.2 Å². The highest BCUT2D eigenvalue weighted by Crippen LogP contribution is 2.17. The minimum atomic E-state index is -0.450. The first-order valence-corrected chi connectivity index (χ1v) is 6.60. The lowest BCUT2D eigenvalue weighted by Crippen LogP contribution is -2.11. The van der Waals surface area contributed by atoms with E-state index in [1.807, 2.05) is 0 Å². The smallest absolute Gasteiger partial charge is 0.257 e. The molecule has 2 aromatic rings. The van der Waals surface area contributed by atoms with Crippen molar-refractivity contribution in [3.8, 4) is 0 Å². The molecule has 3 N–H and O–H groups in total. The molecule has 7 heteroatoms. The Hall–Kier alpha value is -1.86. The number of aryl methyl sites for hydroxylation is 1. The predicted molar refractivity (Wildman–Crippen MR) is 71.6 cm³/mol. The fraction of sp³-hybridized carbons (Fsp3) is 0.250. The van der Waals surface area contributed by atoms with Crippen LogP contribution in [0.5, 0.6) is 0 Å². The normalized spacial score (nSPS) is 10.4. The number of carbonyl (C=O) groups is 1. The monoisotopic (exact) mass is 280 g/mol. The molecule has 0 radical (unpaired) electrons.